The van der Waals surface area contributed by atoms with E-state index in [1.165, 1.54) is 0 Å². The summed E-state index contributed by atoms with van der Waals surface area (Å²) >= 11 is 0. The summed E-state index contributed by atoms with van der Waals surface area (Å²) in [5.74, 6) is 0.960. The normalized spacial score (nSPS) is 11.6. The quantitative estimate of drug-likeness (QED) is 0.718. The second-order valence-corrected chi connectivity index (χ2v) is 5.29. The van der Waals surface area contributed by atoms with Gasteiger partial charge in [-0.3, -0.25) is 0 Å². The molecule has 21 heavy (non-hydrogen) atoms. The van der Waals surface area contributed by atoms with Gasteiger partial charge in [-0.2, -0.15) is 0 Å². The van der Waals surface area contributed by atoms with E-state index in [0.29, 0.717) is 25.9 Å². The summed E-state index contributed by atoms with van der Waals surface area (Å²) in [7, 11) is 0. The highest BCUT2D eigenvalue weighted by Gasteiger charge is 2.14. The van der Waals surface area contributed by atoms with Crippen molar-refractivity contribution in [3.8, 4) is 0 Å². The van der Waals surface area contributed by atoms with E-state index in [1.54, 1.807) is 0 Å². The first-order chi connectivity index (χ1) is 10.2. The number of benzene rings is 1. The number of hydrogen-bond acceptors (Lipinski definition) is 4. The number of fused-ring (bicyclic) bond motifs is 1. The molecule has 2 rings (SSSR count). The molecule has 0 atom stereocenters. The van der Waals surface area contributed by atoms with Crippen LogP contribution in [-0.2, 0) is 22.6 Å². The van der Waals surface area contributed by atoms with E-state index in [9.17, 15) is 0 Å². The van der Waals surface area contributed by atoms with Gasteiger partial charge in [0.15, 0.2) is 0 Å². The molecule has 1 aromatic carbocycles. The fourth-order valence-corrected chi connectivity index (χ4v) is 2.18. The average molecular weight is 291 g/mol. The topological polar surface area (TPSA) is 43.6 Å². The highest BCUT2D eigenvalue weighted by molar-refractivity contribution is 5.82. The van der Waals surface area contributed by atoms with Gasteiger partial charge in [0, 0.05) is 23.6 Å². The minimum atomic E-state index is 0.421. The van der Waals surface area contributed by atoms with Crippen molar-refractivity contribution in [2.24, 2.45) is 0 Å². The average Bonchev–Trinajstić information content (AvgIpc) is 2.83. The fourth-order valence-electron chi connectivity index (χ4n) is 2.18. The molecule has 0 unspecified atom stereocenters. The molecule has 116 valence electrons. The monoisotopic (exact) mass is 291 g/mol. The van der Waals surface area contributed by atoms with Crippen LogP contribution in [0.3, 0.4) is 0 Å². The van der Waals surface area contributed by atoms with Crippen LogP contribution in [0.2, 0.25) is 0 Å². The van der Waals surface area contributed by atoms with Gasteiger partial charge in [-0.1, -0.05) is 32.0 Å². The van der Waals surface area contributed by atoms with Crippen LogP contribution < -0.4 is 5.32 Å². The van der Waals surface area contributed by atoms with Crippen LogP contribution in [0.25, 0.3) is 11.0 Å². The Hall–Kier alpha value is -1.36. The predicted molar refractivity (Wildman–Crippen MR) is 84.3 cm³/mol. The molecule has 0 amide bonds. The Morgan fingerprint density at radius 2 is 1.90 bits per heavy atom. The van der Waals surface area contributed by atoms with Crippen LogP contribution in [0.1, 0.15) is 32.1 Å². The van der Waals surface area contributed by atoms with Gasteiger partial charge in [0.05, 0.1) is 26.4 Å². The summed E-state index contributed by atoms with van der Waals surface area (Å²) in [4.78, 5) is 0. The highest BCUT2D eigenvalue weighted by atomic mass is 16.5. The molecule has 1 N–H and O–H groups in total. The first-order valence-corrected chi connectivity index (χ1v) is 7.60. The molecule has 0 fully saturated rings. The van der Waals surface area contributed by atoms with Crippen molar-refractivity contribution in [1.82, 2.24) is 5.32 Å². The molecule has 4 heteroatoms. The van der Waals surface area contributed by atoms with E-state index < -0.39 is 0 Å². The second-order valence-electron chi connectivity index (χ2n) is 5.29. The van der Waals surface area contributed by atoms with Gasteiger partial charge < -0.3 is 19.2 Å². The van der Waals surface area contributed by atoms with Gasteiger partial charge >= 0.3 is 0 Å². The molecule has 0 saturated heterocycles. The highest BCUT2D eigenvalue weighted by Crippen LogP contribution is 2.26. The SMILES string of the molecule is CCOCCOCc1c(CNC(C)C)oc2ccccc12. The van der Waals surface area contributed by atoms with Crippen molar-refractivity contribution in [3.63, 3.8) is 0 Å². The number of nitrogens with one attached hydrogen (secondary N) is 1. The van der Waals surface area contributed by atoms with Crippen LogP contribution in [0.15, 0.2) is 28.7 Å². The molecule has 0 aliphatic carbocycles. The van der Waals surface area contributed by atoms with Crippen molar-refractivity contribution >= 4 is 11.0 Å². The van der Waals surface area contributed by atoms with Gasteiger partial charge in [0.25, 0.3) is 0 Å². The molecule has 1 aromatic heterocycles. The number of para-hydroxylation sites is 1. The minimum Gasteiger partial charge on any atom is -0.459 e. The summed E-state index contributed by atoms with van der Waals surface area (Å²) < 4.78 is 17.0. The van der Waals surface area contributed by atoms with Crippen LogP contribution in [-0.4, -0.2) is 25.9 Å². The summed E-state index contributed by atoms with van der Waals surface area (Å²) in [6.07, 6.45) is 0. The lowest BCUT2D eigenvalue weighted by molar-refractivity contribution is 0.0451. The second kappa shape index (κ2) is 8.17. The Bertz CT molecular complexity index is 548. The largest absolute Gasteiger partial charge is 0.459 e. The summed E-state index contributed by atoms with van der Waals surface area (Å²) in [6, 6.07) is 8.52. The third-order valence-corrected chi connectivity index (χ3v) is 3.28. The Morgan fingerprint density at radius 1 is 1.14 bits per heavy atom. The maximum atomic E-state index is 5.95. The van der Waals surface area contributed by atoms with Gasteiger partial charge in [-0.15, -0.1) is 0 Å². The molecule has 4 nitrogen and oxygen atoms in total. The van der Waals surface area contributed by atoms with Crippen molar-refractivity contribution in [1.29, 1.82) is 0 Å². The molecular weight excluding hydrogens is 266 g/mol. The lowest BCUT2D eigenvalue weighted by Crippen LogP contribution is -2.22. The number of furan rings is 1. The Morgan fingerprint density at radius 3 is 2.67 bits per heavy atom. The minimum absolute atomic E-state index is 0.421. The van der Waals surface area contributed by atoms with Crippen molar-refractivity contribution in [2.45, 2.75) is 40.0 Å². The molecule has 0 saturated carbocycles. The first kappa shape index (κ1) is 16.0. The van der Waals surface area contributed by atoms with Crippen LogP contribution in [0.5, 0.6) is 0 Å². The third kappa shape index (κ3) is 4.56. The van der Waals surface area contributed by atoms with E-state index in [1.807, 2.05) is 25.1 Å². The number of rotatable bonds is 9. The van der Waals surface area contributed by atoms with Crippen LogP contribution in [0, 0.1) is 0 Å². The molecule has 0 spiro atoms. The predicted octanol–water partition coefficient (Wildman–Crippen LogP) is 3.48. The molecule has 1 heterocycles. The standard InChI is InChI=1S/C17H25NO3/c1-4-19-9-10-20-12-15-14-7-5-6-8-16(14)21-17(15)11-18-13(2)3/h5-8,13,18H,4,9-12H2,1-3H3. The zero-order chi connectivity index (χ0) is 15.1. The van der Waals surface area contributed by atoms with Crippen molar-refractivity contribution < 1.29 is 13.9 Å². The third-order valence-electron chi connectivity index (χ3n) is 3.28. The molecule has 2 aromatic rings. The molecule has 0 aliphatic rings. The zero-order valence-electron chi connectivity index (χ0n) is 13.1. The first-order valence-electron chi connectivity index (χ1n) is 7.60. The van der Waals surface area contributed by atoms with E-state index in [0.717, 1.165) is 35.4 Å². The van der Waals surface area contributed by atoms with Crippen molar-refractivity contribution in [3.05, 3.63) is 35.6 Å². The Labute approximate surface area is 126 Å². The molecular formula is C17H25NO3. The Kier molecular flexibility index (Phi) is 6.23. The van der Waals surface area contributed by atoms with E-state index in [-0.39, 0.29) is 0 Å². The van der Waals surface area contributed by atoms with Gasteiger partial charge in [0.2, 0.25) is 0 Å². The van der Waals surface area contributed by atoms with Crippen LogP contribution >= 0.6 is 0 Å². The number of ether oxygens (including phenoxy) is 2. The zero-order valence-corrected chi connectivity index (χ0v) is 13.1. The van der Waals surface area contributed by atoms with Gasteiger partial charge in [-0.25, -0.2) is 0 Å². The van der Waals surface area contributed by atoms with Gasteiger partial charge in [0.1, 0.15) is 11.3 Å². The van der Waals surface area contributed by atoms with Crippen molar-refractivity contribution in [2.75, 3.05) is 19.8 Å². The lowest BCUT2D eigenvalue weighted by atomic mass is 10.1. The fraction of sp³-hybridized carbons (Fsp3) is 0.529. The molecule has 0 bridgehead atoms. The van der Waals surface area contributed by atoms with E-state index >= 15 is 0 Å². The number of hydrogen-bond donors (Lipinski definition) is 1. The molecule has 0 aliphatic heterocycles. The van der Waals surface area contributed by atoms with E-state index in [2.05, 4.69) is 25.2 Å². The summed E-state index contributed by atoms with van der Waals surface area (Å²) in [5, 5.41) is 4.53. The maximum absolute atomic E-state index is 5.95. The molecule has 0 radical (unpaired) electrons. The lowest BCUT2D eigenvalue weighted by Gasteiger charge is -2.08. The maximum Gasteiger partial charge on any atom is 0.134 e. The van der Waals surface area contributed by atoms with E-state index in [4.69, 9.17) is 13.9 Å². The summed E-state index contributed by atoms with van der Waals surface area (Å²) in [5.41, 5.74) is 2.05. The van der Waals surface area contributed by atoms with Gasteiger partial charge in [-0.05, 0) is 13.0 Å². The summed E-state index contributed by atoms with van der Waals surface area (Å²) in [6.45, 7) is 9.47. The smallest absolute Gasteiger partial charge is 0.134 e. The Balaban J connectivity index is 2.08. The van der Waals surface area contributed by atoms with Crippen LogP contribution in [0.4, 0.5) is 0 Å².